The second kappa shape index (κ2) is 2.25. The van der Waals surface area contributed by atoms with Gasteiger partial charge >= 0.3 is 6.03 Å². The lowest BCUT2D eigenvalue weighted by Gasteiger charge is -2.09. The zero-order valence-corrected chi connectivity index (χ0v) is 8.13. The third kappa shape index (κ3) is 0.913. The third-order valence-corrected chi connectivity index (χ3v) is 3.14. The topological polar surface area (TPSA) is 49.4 Å². The summed E-state index contributed by atoms with van der Waals surface area (Å²) in [5.41, 5.74) is -0.528. The van der Waals surface area contributed by atoms with Crippen molar-refractivity contribution < 1.29 is 9.59 Å². The molecular formula is C9H14N2O2. The molecule has 2 rings (SSSR count). The average Bonchev–Trinajstić information content (AvgIpc) is 2.73. The van der Waals surface area contributed by atoms with Crippen molar-refractivity contribution in [2.75, 3.05) is 7.05 Å². The molecule has 4 heteroatoms. The molecule has 2 unspecified atom stereocenters. The highest BCUT2D eigenvalue weighted by Crippen LogP contribution is 2.51. The van der Waals surface area contributed by atoms with Crippen molar-refractivity contribution in [3.05, 3.63) is 0 Å². The van der Waals surface area contributed by atoms with Gasteiger partial charge in [-0.05, 0) is 18.3 Å². The Morgan fingerprint density at radius 3 is 2.46 bits per heavy atom. The summed E-state index contributed by atoms with van der Waals surface area (Å²) in [5.74, 6) is 0.723. The number of nitrogens with one attached hydrogen (secondary N) is 1. The van der Waals surface area contributed by atoms with Crippen molar-refractivity contribution in [1.29, 1.82) is 0 Å². The highest BCUT2D eigenvalue weighted by atomic mass is 16.2. The van der Waals surface area contributed by atoms with Crippen molar-refractivity contribution in [2.45, 2.75) is 25.8 Å². The van der Waals surface area contributed by atoms with Crippen LogP contribution in [0.3, 0.4) is 0 Å². The van der Waals surface area contributed by atoms with Gasteiger partial charge in [0.1, 0.15) is 5.54 Å². The van der Waals surface area contributed by atoms with E-state index in [1.807, 2.05) is 0 Å². The third-order valence-electron chi connectivity index (χ3n) is 3.14. The fourth-order valence-electron chi connectivity index (χ4n) is 2.20. The van der Waals surface area contributed by atoms with Crippen LogP contribution in [0.2, 0.25) is 0 Å². The van der Waals surface area contributed by atoms with E-state index in [0.717, 1.165) is 6.42 Å². The molecule has 4 nitrogen and oxygen atoms in total. The molecule has 2 atom stereocenters. The van der Waals surface area contributed by atoms with Gasteiger partial charge in [0.05, 0.1) is 0 Å². The lowest BCUT2D eigenvalue weighted by molar-refractivity contribution is -0.127. The zero-order chi connectivity index (χ0) is 9.80. The van der Waals surface area contributed by atoms with Gasteiger partial charge in [-0.25, -0.2) is 4.79 Å². The maximum Gasteiger partial charge on any atom is 0.324 e. The number of nitrogens with zero attached hydrogens (tertiary/aromatic N) is 1. The van der Waals surface area contributed by atoms with Crippen LogP contribution in [-0.2, 0) is 4.79 Å². The van der Waals surface area contributed by atoms with Gasteiger partial charge in [-0.15, -0.1) is 0 Å². The van der Waals surface area contributed by atoms with Crippen LogP contribution in [-0.4, -0.2) is 29.4 Å². The Balaban J connectivity index is 2.21. The number of rotatable bonds is 1. The van der Waals surface area contributed by atoms with Crippen LogP contribution in [0.15, 0.2) is 0 Å². The number of amides is 3. The van der Waals surface area contributed by atoms with E-state index in [9.17, 15) is 9.59 Å². The van der Waals surface area contributed by atoms with Crippen LogP contribution in [0.1, 0.15) is 20.3 Å². The van der Waals surface area contributed by atoms with Gasteiger partial charge in [-0.3, -0.25) is 9.69 Å². The highest BCUT2D eigenvalue weighted by molar-refractivity contribution is 6.08. The van der Waals surface area contributed by atoms with Crippen LogP contribution in [0.5, 0.6) is 0 Å². The minimum absolute atomic E-state index is 0.0591. The first-order valence-electron chi connectivity index (χ1n) is 4.59. The molecule has 0 radical (unpaired) electrons. The average molecular weight is 182 g/mol. The van der Waals surface area contributed by atoms with Crippen molar-refractivity contribution in [3.8, 4) is 0 Å². The molecule has 1 aliphatic carbocycles. The van der Waals surface area contributed by atoms with E-state index in [0.29, 0.717) is 11.8 Å². The monoisotopic (exact) mass is 182 g/mol. The highest BCUT2D eigenvalue weighted by Gasteiger charge is 2.67. The zero-order valence-electron chi connectivity index (χ0n) is 8.13. The molecule has 13 heavy (non-hydrogen) atoms. The van der Waals surface area contributed by atoms with Crippen molar-refractivity contribution in [2.24, 2.45) is 11.8 Å². The largest absolute Gasteiger partial charge is 0.324 e. The van der Waals surface area contributed by atoms with Crippen molar-refractivity contribution >= 4 is 11.9 Å². The molecule has 0 aromatic rings. The van der Waals surface area contributed by atoms with Crippen LogP contribution in [0.4, 0.5) is 4.79 Å². The van der Waals surface area contributed by atoms with Gasteiger partial charge in [0.25, 0.3) is 5.91 Å². The molecule has 0 bridgehead atoms. The summed E-state index contributed by atoms with van der Waals surface area (Å²) in [6.45, 7) is 4.16. The lowest BCUT2D eigenvalue weighted by Crippen LogP contribution is -2.35. The molecule has 0 aromatic carbocycles. The number of likely N-dealkylation sites (N-methyl/N-ethyl adjacent to an activating group) is 1. The molecule has 1 heterocycles. The van der Waals surface area contributed by atoms with E-state index in [2.05, 4.69) is 19.2 Å². The number of hydrogen-bond acceptors (Lipinski definition) is 2. The van der Waals surface area contributed by atoms with E-state index in [1.54, 1.807) is 0 Å². The Morgan fingerprint density at radius 1 is 1.54 bits per heavy atom. The van der Waals surface area contributed by atoms with E-state index in [4.69, 9.17) is 0 Å². The minimum atomic E-state index is -0.528. The summed E-state index contributed by atoms with van der Waals surface area (Å²) in [7, 11) is 1.53. The molecule has 1 N–H and O–H groups in total. The van der Waals surface area contributed by atoms with Crippen LogP contribution in [0, 0.1) is 11.8 Å². The molecule has 2 fully saturated rings. The Bertz CT molecular complexity index is 287. The first kappa shape index (κ1) is 8.53. The number of carbonyl (C=O) groups excluding carboxylic acids is 2. The van der Waals surface area contributed by atoms with Crippen LogP contribution >= 0.6 is 0 Å². The van der Waals surface area contributed by atoms with E-state index in [-0.39, 0.29) is 11.9 Å². The summed E-state index contributed by atoms with van der Waals surface area (Å²) < 4.78 is 0. The Hall–Kier alpha value is -1.06. The fourth-order valence-corrected chi connectivity index (χ4v) is 2.20. The van der Waals surface area contributed by atoms with Crippen molar-refractivity contribution in [1.82, 2.24) is 10.2 Å². The second-order valence-electron chi connectivity index (χ2n) is 4.32. The molecule has 1 spiro atoms. The molecule has 1 aliphatic heterocycles. The number of imide groups is 1. The quantitative estimate of drug-likeness (QED) is 0.603. The minimum Gasteiger partial charge on any atom is -0.323 e. The van der Waals surface area contributed by atoms with Gasteiger partial charge in [0, 0.05) is 7.05 Å². The first-order valence-corrected chi connectivity index (χ1v) is 4.59. The van der Waals surface area contributed by atoms with E-state index < -0.39 is 5.54 Å². The summed E-state index contributed by atoms with van der Waals surface area (Å²) in [5, 5.41) is 2.77. The molecule has 1 saturated carbocycles. The molecule has 1 saturated heterocycles. The molecule has 2 aliphatic rings. The second-order valence-corrected chi connectivity index (χ2v) is 4.32. The Labute approximate surface area is 77.3 Å². The summed E-state index contributed by atoms with van der Waals surface area (Å²) >= 11 is 0. The number of hydrogen-bond donors (Lipinski definition) is 1. The molecule has 72 valence electrons. The maximum atomic E-state index is 11.7. The van der Waals surface area contributed by atoms with E-state index in [1.165, 1.54) is 11.9 Å². The van der Waals surface area contributed by atoms with Crippen LogP contribution < -0.4 is 5.32 Å². The van der Waals surface area contributed by atoms with E-state index >= 15 is 0 Å². The summed E-state index contributed by atoms with van der Waals surface area (Å²) in [6.07, 6.45) is 0.805. The Morgan fingerprint density at radius 2 is 2.15 bits per heavy atom. The van der Waals surface area contributed by atoms with Gasteiger partial charge < -0.3 is 5.32 Å². The Kier molecular flexibility index (Phi) is 1.47. The predicted molar refractivity (Wildman–Crippen MR) is 47.0 cm³/mol. The molecular weight excluding hydrogens is 168 g/mol. The predicted octanol–water partition coefficient (Wildman–Crippen LogP) is 0.583. The summed E-state index contributed by atoms with van der Waals surface area (Å²) in [6, 6.07) is -0.256. The number of urea groups is 1. The van der Waals surface area contributed by atoms with Gasteiger partial charge in [-0.1, -0.05) is 13.8 Å². The van der Waals surface area contributed by atoms with Crippen LogP contribution in [0.25, 0.3) is 0 Å². The smallest absolute Gasteiger partial charge is 0.323 e. The summed E-state index contributed by atoms with van der Waals surface area (Å²) in [4.78, 5) is 24.0. The fraction of sp³-hybridized carbons (Fsp3) is 0.778. The van der Waals surface area contributed by atoms with Gasteiger partial charge in [0.15, 0.2) is 0 Å². The standard InChI is InChI=1S/C9H14N2O2/c1-5(2)6-4-9(6)7(12)11(3)8(13)10-9/h5-6H,4H2,1-3H3,(H,10,13). The first-order chi connectivity index (χ1) is 5.99. The number of carbonyl (C=O) groups is 2. The van der Waals surface area contributed by atoms with Gasteiger partial charge in [0.2, 0.25) is 0 Å². The molecule has 0 aromatic heterocycles. The van der Waals surface area contributed by atoms with Gasteiger partial charge in [-0.2, -0.15) is 0 Å². The molecule has 3 amide bonds. The lowest BCUT2D eigenvalue weighted by atomic mass is 10.0. The van der Waals surface area contributed by atoms with Crippen molar-refractivity contribution in [3.63, 3.8) is 0 Å². The SMILES string of the molecule is CC(C)C1CC12NC(=O)N(C)C2=O. The normalized spacial score (nSPS) is 37.5. The maximum absolute atomic E-state index is 11.7.